The Labute approximate surface area is 193 Å². The molecule has 2 aromatic carbocycles. The van der Waals surface area contributed by atoms with Gasteiger partial charge in [-0.1, -0.05) is 29.8 Å². The summed E-state index contributed by atoms with van der Waals surface area (Å²) < 4.78 is 11.2. The van der Waals surface area contributed by atoms with Crippen molar-refractivity contribution in [2.75, 3.05) is 0 Å². The van der Waals surface area contributed by atoms with E-state index in [1.807, 2.05) is 6.07 Å². The van der Waals surface area contributed by atoms with Crippen LogP contribution in [0.2, 0.25) is 5.02 Å². The zero-order valence-electron chi connectivity index (χ0n) is 17.5. The van der Waals surface area contributed by atoms with Crippen LogP contribution in [-0.4, -0.2) is 22.5 Å². The summed E-state index contributed by atoms with van der Waals surface area (Å²) in [6, 6.07) is 12.4. The molecule has 1 N–H and O–H groups in total. The zero-order chi connectivity index (χ0) is 23.5. The Balaban J connectivity index is 1.57. The van der Waals surface area contributed by atoms with Crippen molar-refractivity contribution in [2.45, 2.75) is 26.2 Å². The van der Waals surface area contributed by atoms with E-state index < -0.39 is 16.8 Å². The summed E-state index contributed by atoms with van der Waals surface area (Å²) in [6.45, 7) is 1.73. The first-order valence-corrected chi connectivity index (χ1v) is 10.4. The van der Waals surface area contributed by atoms with Crippen LogP contribution in [-0.2, 0) is 6.42 Å². The molecule has 1 aliphatic carbocycles. The second-order valence-corrected chi connectivity index (χ2v) is 7.74. The van der Waals surface area contributed by atoms with Gasteiger partial charge in [-0.25, -0.2) is 10.2 Å². The molecule has 1 heterocycles. The molecule has 0 radical (unpaired) electrons. The van der Waals surface area contributed by atoms with Crippen molar-refractivity contribution in [2.24, 2.45) is 5.10 Å². The number of nitro benzene ring substituents is 1. The summed E-state index contributed by atoms with van der Waals surface area (Å²) in [5, 5.41) is 15.2. The highest BCUT2D eigenvalue weighted by molar-refractivity contribution is 6.32. The first-order chi connectivity index (χ1) is 15.8. The maximum atomic E-state index is 12.6. The number of amides is 1. The molecule has 10 heteroatoms. The minimum absolute atomic E-state index is 0.0440. The number of nitrogens with zero attached hydrogens (tertiary/aromatic N) is 2. The van der Waals surface area contributed by atoms with Crippen LogP contribution >= 0.6 is 11.6 Å². The molecule has 4 rings (SSSR count). The van der Waals surface area contributed by atoms with Crippen molar-refractivity contribution in [1.29, 1.82) is 0 Å². The number of para-hydroxylation sites is 1. The number of nitrogens with one attached hydrogen (secondary N) is 1. The fourth-order valence-corrected chi connectivity index (χ4v) is 3.78. The molecule has 0 aliphatic heterocycles. The standard InChI is InChI=1S/C23H18ClN3O6/c1-13-20-17(25-26-22(28)14-10-11-16(24)18(12-14)27(30)31)8-5-9-19(20)33-21(13)23(29)32-15-6-3-2-4-7-15/h2-4,6-7,10-12H,5,8-9H2,1H3,(H,26,28)/b25-17+. The van der Waals surface area contributed by atoms with Gasteiger partial charge in [0.2, 0.25) is 5.76 Å². The fraction of sp³-hybridized carbons (Fsp3) is 0.174. The number of nitro groups is 1. The van der Waals surface area contributed by atoms with Gasteiger partial charge < -0.3 is 9.15 Å². The molecule has 0 spiro atoms. The van der Waals surface area contributed by atoms with Crippen LogP contribution in [0.4, 0.5) is 5.69 Å². The number of hydrogen-bond donors (Lipinski definition) is 1. The first-order valence-electron chi connectivity index (χ1n) is 10.1. The number of hydrogen-bond acceptors (Lipinski definition) is 7. The molecule has 3 aromatic rings. The molecule has 0 saturated carbocycles. The minimum Gasteiger partial charge on any atom is -0.453 e. The molecule has 0 atom stereocenters. The molecular weight excluding hydrogens is 450 g/mol. The lowest BCUT2D eigenvalue weighted by Crippen LogP contribution is -2.22. The van der Waals surface area contributed by atoms with E-state index in [1.54, 1.807) is 31.2 Å². The van der Waals surface area contributed by atoms with Gasteiger partial charge in [-0.15, -0.1) is 0 Å². The first kappa shape index (κ1) is 22.2. The molecule has 33 heavy (non-hydrogen) atoms. The number of aryl methyl sites for hydroxylation is 1. The Morgan fingerprint density at radius 1 is 1.18 bits per heavy atom. The van der Waals surface area contributed by atoms with Gasteiger partial charge in [0.05, 0.1) is 10.6 Å². The van der Waals surface area contributed by atoms with E-state index >= 15 is 0 Å². The molecule has 0 bridgehead atoms. The average molecular weight is 468 g/mol. The number of halogens is 1. The molecular formula is C23H18ClN3O6. The Kier molecular flexibility index (Phi) is 6.23. The van der Waals surface area contributed by atoms with E-state index in [1.165, 1.54) is 12.1 Å². The maximum absolute atomic E-state index is 12.6. The van der Waals surface area contributed by atoms with Gasteiger partial charge in [0.1, 0.15) is 16.5 Å². The molecule has 1 aliphatic rings. The highest BCUT2D eigenvalue weighted by Crippen LogP contribution is 2.31. The number of carbonyl (C=O) groups excluding carboxylic acids is 2. The summed E-state index contributed by atoms with van der Waals surface area (Å²) in [4.78, 5) is 35.5. The Hall–Kier alpha value is -3.98. The third-order valence-electron chi connectivity index (χ3n) is 5.16. The Bertz CT molecular complexity index is 1280. The van der Waals surface area contributed by atoms with Crippen molar-refractivity contribution in [3.05, 3.63) is 91.9 Å². The monoisotopic (exact) mass is 467 g/mol. The molecule has 0 saturated heterocycles. The van der Waals surface area contributed by atoms with E-state index in [0.29, 0.717) is 47.6 Å². The topological polar surface area (TPSA) is 124 Å². The van der Waals surface area contributed by atoms with Crippen molar-refractivity contribution in [3.8, 4) is 5.75 Å². The molecule has 0 unspecified atom stereocenters. The van der Waals surface area contributed by atoms with Gasteiger partial charge in [0.25, 0.3) is 11.6 Å². The van der Waals surface area contributed by atoms with Crippen molar-refractivity contribution >= 4 is 34.9 Å². The van der Waals surface area contributed by atoms with E-state index in [9.17, 15) is 19.7 Å². The lowest BCUT2D eigenvalue weighted by Gasteiger charge is -2.13. The Morgan fingerprint density at radius 3 is 2.67 bits per heavy atom. The molecule has 1 aromatic heterocycles. The smallest absolute Gasteiger partial charge is 0.379 e. The number of benzene rings is 2. The highest BCUT2D eigenvalue weighted by atomic mass is 35.5. The van der Waals surface area contributed by atoms with E-state index in [-0.39, 0.29) is 22.0 Å². The van der Waals surface area contributed by atoms with Crippen LogP contribution in [0, 0.1) is 17.0 Å². The highest BCUT2D eigenvalue weighted by Gasteiger charge is 2.29. The lowest BCUT2D eigenvalue weighted by atomic mass is 9.93. The van der Waals surface area contributed by atoms with Crippen LogP contribution in [0.15, 0.2) is 58.0 Å². The van der Waals surface area contributed by atoms with Gasteiger partial charge in [0, 0.05) is 29.2 Å². The van der Waals surface area contributed by atoms with Gasteiger partial charge in [0.15, 0.2) is 0 Å². The Morgan fingerprint density at radius 2 is 1.94 bits per heavy atom. The third kappa shape index (κ3) is 4.63. The second-order valence-electron chi connectivity index (χ2n) is 7.33. The van der Waals surface area contributed by atoms with Gasteiger partial charge in [-0.3, -0.25) is 14.9 Å². The van der Waals surface area contributed by atoms with Crippen LogP contribution in [0.1, 0.15) is 50.6 Å². The number of fused-ring (bicyclic) bond motifs is 1. The van der Waals surface area contributed by atoms with E-state index in [0.717, 1.165) is 6.07 Å². The number of carbonyl (C=O) groups is 2. The summed E-state index contributed by atoms with van der Waals surface area (Å²) in [7, 11) is 0. The van der Waals surface area contributed by atoms with Crippen molar-refractivity contribution in [1.82, 2.24) is 5.43 Å². The number of furan rings is 1. The molecule has 9 nitrogen and oxygen atoms in total. The van der Waals surface area contributed by atoms with Gasteiger partial charge in [-0.2, -0.15) is 5.10 Å². The maximum Gasteiger partial charge on any atom is 0.379 e. The van der Waals surface area contributed by atoms with Crippen molar-refractivity contribution < 1.29 is 23.7 Å². The summed E-state index contributed by atoms with van der Waals surface area (Å²) in [5.74, 6) is -0.175. The normalized spacial score (nSPS) is 13.9. The lowest BCUT2D eigenvalue weighted by molar-refractivity contribution is -0.384. The van der Waals surface area contributed by atoms with E-state index in [2.05, 4.69) is 10.5 Å². The average Bonchev–Trinajstić information content (AvgIpc) is 3.15. The van der Waals surface area contributed by atoms with Crippen LogP contribution < -0.4 is 10.2 Å². The summed E-state index contributed by atoms with van der Waals surface area (Å²) >= 11 is 5.80. The predicted octanol–water partition coefficient (Wildman–Crippen LogP) is 4.84. The number of esters is 1. The fourth-order valence-electron chi connectivity index (χ4n) is 3.59. The SMILES string of the molecule is Cc1c(C(=O)Oc2ccccc2)oc2c1/C(=N/NC(=O)c1ccc(Cl)c([N+](=O)[O-])c1)CCC2. The van der Waals surface area contributed by atoms with E-state index in [4.69, 9.17) is 20.8 Å². The minimum atomic E-state index is -0.663. The van der Waals surface area contributed by atoms with Crippen LogP contribution in [0.25, 0.3) is 0 Å². The summed E-state index contributed by atoms with van der Waals surface area (Å²) in [5.41, 5.74) is 3.87. The quantitative estimate of drug-likeness (QED) is 0.248. The van der Waals surface area contributed by atoms with Gasteiger partial charge in [-0.05, 0) is 44.0 Å². The largest absolute Gasteiger partial charge is 0.453 e. The van der Waals surface area contributed by atoms with Crippen LogP contribution in [0.3, 0.4) is 0 Å². The molecule has 168 valence electrons. The van der Waals surface area contributed by atoms with Crippen LogP contribution in [0.5, 0.6) is 5.75 Å². The predicted molar refractivity (Wildman–Crippen MR) is 120 cm³/mol. The molecule has 0 fully saturated rings. The second kappa shape index (κ2) is 9.25. The number of hydrazone groups is 1. The third-order valence-corrected chi connectivity index (χ3v) is 5.48. The number of rotatable bonds is 5. The number of ether oxygens (including phenoxy) is 1. The van der Waals surface area contributed by atoms with Crippen molar-refractivity contribution in [3.63, 3.8) is 0 Å². The summed E-state index contributed by atoms with van der Waals surface area (Å²) in [6.07, 6.45) is 1.89. The van der Waals surface area contributed by atoms with Gasteiger partial charge >= 0.3 is 5.97 Å². The molecule has 1 amide bonds. The zero-order valence-corrected chi connectivity index (χ0v) is 18.2.